The highest BCUT2D eigenvalue weighted by Gasteiger charge is 2.59. The van der Waals surface area contributed by atoms with Crippen LogP contribution in [0, 0.1) is 6.92 Å². The van der Waals surface area contributed by atoms with E-state index in [2.05, 4.69) is 41.1 Å². The first-order valence-electron chi connectivity index (χ1n) is 10.7. The van der Waals surface area contributed by atoms with Crippen LogP contribution >= 0.6 is 0 Å². The summed E-state index contributed by atoms with van der Waals surface area (Å²) in [6.45, 7) is 5.86. The lowest BCUT2D eigenvalue weighted by atomic mass is 9.85. The first-order valence-corrected chi connectivity index (χ1v) is 10.7. The molecule has 1 fully saturated rings. The van der Waals surface area contributed by atoms with Crippen LogP contribution in [0.5, 0.6) is 0 Å². The third kappa shape index (κ3) is 3.12. The molecule has 31 heavy (non-hydrogen) atoms. The lowest BCUT2D eigenvalue weighted by molar-refractivity contribution is 0.0266. The minimum absolute atomic E-state index is 0.154. The molecular weight excluding hydrogens is 386 g/mol. The number of rotatable bonds is 4. The molecule has 1 aromatic heterocycles. The number of ketones is 2. The van der Waals surface area contributed by atoms with Crippen LogP contribution in [0.1, 0.15) is 37.5 Å². The second-order valence-corrected chi connectivity index (χ2v) is 8.32. The molecule has 0 atom stereocenters. The summed E-state index contributed by atoms with van der Waals surface area (Å²) in [6.07, 6.45) is 1.66. The van der Waals surface area contributed by atoms with Gasteiger partial charge < -0.3 is 0 Å². The van der Waals surface area contributed by atoms with Gasteiger partial charge in [0.1, 0.15) is 0 Å². The molecule has 2 aliphatic rings. The lowest BCUT2D eigenvalue weighted by Crippen LogP contribution is -2.60. The van der Waals surface area contributed by atoms with E-state index in [1.165, 1.54) is 11.1 Å². The second-order valence-electron chi connectivity index (χ2n) is 8.32. The van der Waals surface area contributed by atoms with Crippen LogP contribution < -0.4 is 0 Å². The van der Waals surface area contributed by atoms with Gasteiger partial charge in [-0.25, -0.2) is 0 Å². The zero-order valence-electron chi connectivity index (χ0n) is 17.6. The number of Topliss-reactive ketones (excluding diaryl/α,β-unsaturated/α-hetero) is 2. The average Bonchev–Trinajstić information content (AvgIpc) is 3.04. The first-order chi connectivity index (χ1) is 15.1. The van der Waals surface area contributed by atoms with Gasteiger partial charge in [0.05, 0.1) is 5.69 Å². The Labute approximate surface area is 182 Å². The van der Waals surface area contributed by atoms with Crippen LogP contribution in [0.4, 0.5) is 0 Å². The van der Waals surface area contributed by atoms with Crippen molar-refractivity contribution in [2.75, 3.05) is 26.2 Å². The van der Waals surface area contributed by atoms with Crippen molar-refractivity contribution in [1.82, 2.24) is 14.8 Å². The van der Waals surface area contributed by atoms with E-state index in [0.29, 0.717) is 29.9 Å². The molecule has 0 bridgehead atoms. The maximum Gasteiger partial charge on any atom is 0.198 e. The molecule has 156 valence electrons. The number of aromatic nitrogens is 1. The number of fused-ring (bicyclic) bond motifs is 1. The predicted molar refractivity (Wildman–Crippen MR) is 119 cm³/mol. The van der Waals surface area contributed by atoms with Gasteiger partial charge in [0.25, 0.3) is 0 Å². The Morgan fingerprint density at radius 2 is 1.42 bits per heavy atom. The summed E-state index contributed by atoms with van der Waals surface area (Å²) in [5.74, 6) is -0.307. The van der Waals surface area contributed by atoms with E-state index in [-0.39, 0.29) is 11.6 Å². The number of pyridine rings is 1. The van der Waals surface area contributed by atoms with Crippen molar-refractivity contribution < 1.29 is 9.59 Å². The van der Waals surface area contributed by atoms with Crippen LogP contribution in [0.3, 0.4) is 0 Å². The average molecular weight is 412 g/mol. The summed E-state index contributed by atoms with van der Waals surface area (Å²) in [6, 6.07) is 21.1. The Hall–Kier alpha value is -3.15. The van der Waals surface area contributed by atoms with Crippen molar-refractivity contribution in [3.8, 4) is 0 Å². The molecule has 3 aromatic rings. The summed E-state index contributed by atoms with van der Waals surface area (Å²) in [4.78, 5) is 36.4. The van der Waals surface area contributed by atoms with Gasteiger partial charge in [0.15, 0.2) is 17.1 Å². The predicted octanol–water partition coefficient (Wildman–Crippen LogP) is 3.48. The monoisotopic (exact) mass is 411 g/mol. The number of hydrogen-bond acceptors (Lipinski definition) is 5. The molecule has 0 radical (unpaired) electrons. The largest absolute Gasteiger partial charge is 0.297 e. The first kappa shape index (κ1) is 19.8. The Balaban J connectivity index is 1.46. The third-order valence-corrected chi connectivity index (χ3v) is 6.61. The van der Waals surface area contributed by atoms with Gasteiger partial charge in [-0.1, -0.05) is 54.6 Å². The van der Waals surface area contributed by atoms with Gasteiger partial charge in [-0.3, -0.25) is 24.4 Å². The summed E-state index contributed by atoms with van der Waals surface area (Å²) in [5, 5.41) is 0. The summed E-state index contributed by atoms with van der Waals surface area (Å²) in [5.41, 5.74) is 2.76. The molecule has 0 unspecified atom stereocenters. The zero-order valence-corrected chi connectivity index (χ0v) is 17.6. The van der Waals surface area contributed by atoms with Gasteiger partial charge >= 0.3 is 0 Å². The summed E-state index contributed by atoms with van der Waals surface area (Å²) < 4.78 is 0. The second kappa shape index (κ2) is 7.84. The molecule has 2 aromatic carbocycles. The standard InChI is InChI=1S/C26H25N3O2/c1-19-8-2-3-9-20(19)18-28-14-16-29(17-15-28)26(23-12-6-7-13-27-23)24(30)21-10-4-5-11-22(21)25(26)31/h2-13H,14-18H2,1H3. The maximum atomic E-state index is 13.7. The molecule has 1 aliphatic carbocycles. The Morgan fingerprint density at radius 3 is 2.03 bits per heavy atom. The number of benzene rings is 2. The van der Waals surface area contributed by atoms with E-state index in [1.807, 2.05) is 29.2 Å². The van der Waals surface area contributed by atoms with Crippen LogP contribution in [-0.4, -0.2) is 52.5 Å². The highest BCUT2D eigenvalue weighted by atomic mass is 16.2. The van der Waals surface area contributed by atoms with E-state index < -0.39 is 5.54 Å². The Kier molecular flexibility index (Phi) is 5.00. The highest BCUT2D eigenvalue weighted by molar-refractivity contribution is 6.32. The normalized spacial score (nSPS) is 18.9. The van der Waals surface area contributed by atoms with Crippen molar-refractivity contribution in [2.24, 2.45) is 0 Å². The fourth-order valence-electron chi connectivity index (χ4n) is 4.90. The van der Waals surface area contributed by atoms with Crippen LogP contribution in [0.2, 0.25) is 0 Å². The van der Waals surface area contributed by atoms with Gasteiger partial charge in [-0.2, -0.15) is 0 Å². The van der Waals surface area contributed by atoms with E-state index in [1.54, 1.807) is 24.4 Å². The fraction of sp³-hybridized carbons (Fsp3) is 0.269. The van der Waals surface area contributed by atoms with Gasteiger partial charge in [0, 0.05) is 50.0 Å². The van der Waals surface area contributed by atoms with Crippen LogP contribution in [0.25, 0.3) is 0 Å². The van der Waals surface area contributed by atoms with Crippen LogP contribution in [-0.2, 0) is 12.1 Å². The number of hydrogen-bond donors (Lipinski definition) is 0. The quantitative estimate of drug-likeness (QED) is 0.616. The number of carbonyl (C=O) groups is 2. The molecule has 0 saturated carbocycles. The van der Waals surface area contributed by atoms with Gasteiger partial charge in [-0.05, 0) is 30.2 Å². The van der Waals surface area contributed by atoms with Crippen molar-refractivity contribution >= 4 is 11.6 Å². The smallest absolute Gasteiger partial charge is 0.198 e. The molecule has 2 heterocycles. The fourth-order valence-corrected chi connectivity index (χ4v) is 4.90. The van der Waals surface area contributed by atoms with E-state index in [0.717, 1.165) is 19.6 Å². The minimum atomic E-state index is -1.36. The van der Waals surface area contributed by atoms with Crippen LogP contribution in [0.15, 0.2) is 72.9 Å². The Bertz CT molecular complexity index is 1100. The number of carbonyl (C=O) groups excluding carboxylic acids is 2. The summed E-state index contributed by atoms with van der Waals surface area (Å²) >= 11 is 0. The molecule has 1 aliphatic heterocycles. The summed E-state index contributed by atoms with van der Waals surface area (Å²) in [7, 11) is 0. The number of aryl methyl sites for hydroxylation is 1. The van der Waals surface area contributed by atoms with Crippen molar-refractivity contribution in [3.63, 3.8) is 0 Å². The third-order valence-electron chi connectivity index (χ3n) is 6.61. The molecule has 5 rings (SSSR count). The van der Waals surface area contributed by atoms with E-state index in [4.69, 9.17) is 0 Å². The van der Waals surface area contributed by atoms with Gasteiger partial charge in [0.2, 0.25) is 0 Å². The maximum absolute atomic E-state index is 13.7. The van der Waals surface area contributed by atoms with Gasteiger partial charge in [-0.15, -0.1) is 0 Å². The zero-order chi connectivity index (χ0) is 21.4. The lowest BCUT2D eigenvalue weighted by Gasteiger charge is -2.43. The number of piperazine rings is 1. The highest BCUT2D eigenvalue weighted by Crippen LogP contribution is 2.42. The topological polar surface area (TPSA) is 53.5 Å². The molecule has 0 N–H and O–H groups in total. The van der Waals surface area contributed by atoms with E-state index >= 15 is 0 Å². The SMILES string of the molecule is Cc1ccccc1CN1CCN(C2(c3ccccn3)C(=O)c3ccccc3C2=O)CC1. The molecular formula is C26H25N3O2. The van der Waals surface area contributed by atoms with Crippen molar-refractivity contribution in [2.45, 2.75) is 19.0 Å². The molecule has 0 spiro atoms. The molecule has 5 heteroatoms. The Morgan fingerprint density at radius 1 is 0.806 bits per heavy atom. The molecule has 1 saturated heterocycles. The van der Waals surface area contributed by atoms with E-state index in [9.17, 15) is 9.59 Å². The molecule has 5 nitrogen and oxygen atoms in total. The number of nitrogens with zero attached hydrogens (tertiary/aromatic N) is 3. The van der Waals surface area contributed by atoms with Crippen molar-refractivity contribution in [1.29, 1.82) is 0 Å². The minimum Gasteiger partial charge on any atom is -0.297 e. The molecule has 0 amide bonds. The van der Waals surface area contributed by atoms with Crippen molar-refractivity contribution in [3.05, 3.63) is 101 Å².